The second kappa shape index (κ2) is 75.2. The first kappa shape index (κ1) is 74.1. The Morgan fingerprint density at radius 1 is 0.0694 bits per heavy atom. The summed E-state index contributed by atoms with van der Waals surface area (Å²) in [4.78, 5) is 0. The van der Waals surface area contributed by atoms with Gasteiger partial charge in [-0.25, -0.2) is 0 Å². The Hall–Kier alpha value is 0. The van der Waals surface area contributed by atoms with Crippen molar-refractivity contribution < 1.29 is 0 Å². The molecule has 0 aromatic heterocycles. The molecule has 0 aromatic rings. The van der Waals surface area contributed by atoms with E-state index < -0.39 is 0 Å². The Labute approximate surface area is 462 Å². The number of rotatable bonds is 66. The summed E-state index contributed by atoms with van der Waals surface area (Å²) in [7, 11) is 0. The molecule has 0 saturated heterocycles. The second-order valence-electron chi connectivity index (χ2n) is 24.6. The minimum Gasteiger partial charge on any atom is -0.0654 e. The lowest BCUT2D eigenvalue weighted by Crippen LogP contribution is -1.85. The van der Waals surface area contributed by atoms with Crippen LogP contribution >= 0.6 is 0 Å². The maximum absolute atomic E-state index is 2.31. The number of unbranched alkanes of at least 4 members (excludes halogenated alkanes) is 66. The summed E-state index contributed by atoms with van der Waals surface area (Å²) in [6, 6.07) is 0. The van der Waals surface area contributed by atoms with E-state index in [4.69, 9.17) is 0 Å². The Bertz CT molecular complexity index is 692. The largest absolute Gasteiger partial charge is 0.0654 e. The van der Waals surface area contributed by atoms with Crippen LogP contribution in [0.2, 0.25) is 0 Å². The Morgan fingerprint density at radius 3 is 0.153 bits per heavy atom. The molecule has 0 fully saturated rings. The van der Waals surface area contributed by atoms with E-state index in [0.29, 0.717) is 0 Å². The van der Waals surface area contributed by atoms with E-state index in [1.54, 1.807) is 0 Å². The molecule has 0 aromatic carbocycles. The molecule has 0 bridgehead atoms. The third-order valence-electron chi connectivity index (χ3n) is 16.9. The van der Waals surface area contributed by atoms with Crippen LogP contribution in [0.1, 0.15) is 464 Å². The van der Waals surface area contributed by atoms with Crippen LogP contribution in [0, 0.1) is 0 Å². The van der Waals surface area contributed by atoms with Gasteiger partial charge in [0.15, 0.2) is 0 Å². The van der Waals surface area contributed by atoms with Crippen molar-refractivity contribution in [1.82, 2.24) is 0 Å². The van der Waals surface area contributed by atoms with E-state index in [1.165, 1.54) is 437 Å². The maximum Gasteiger partial charge on any atom is -0.0533 e. The van der Waals surface area contributed by atoms with Crippen molar-refractivity contribution >= 4 is 0 Å². The van der Waals surface area contributed by atoms with Gasteiger partial charge in [-0.15, -0.1) is 0 Å². The van der Waals surface area contributed by atoms with Crippen LogP contribution in [0.5, 0.6) is 0 Å². The summed E-state index contributed by atoms with van der Waals surface area (Å²) in [6.45, 7) is 9.23. The highest BCUT2D eigenvalue weighted by atomic mass is 14.1. The van der Waals surface area contributed by atoms with Gasteiger partial charge in [0.1, 0.15) is 0 Å². The predicted octanol–water partition coefficient (Wildman–Crippen LogP) is 28.6. The second-order valence-corrected chi connectivity index (χ2v) is 24.6. The molecular formula is C72H148. The highest BCUT2D eigenvalue weighted by molar-refractivity contribution is 4.56. The van der Waals surface area contributed by atoms with Crippen molar-refractivity contribution in [2.45, 2.75) is 464 Å². The van der Waals surface area contributed by atoms with Crippen LogP contribution in [0.4, 0.5) is 0 Å². The molecule has 0 amide bonds. The highest BCUT2D eigenvalue weighted by Crippen LogP contribution is 2.20. The normalized spacial score (nSPS) is 11.5. The smallest absolute Gasteiger partial charge is 0.0533 e. The third kappa shape index (κ3) is 76.5. The zero-order chi connectivity index (χ0) is 52.1. The van der Waals surface area contributed by atoms with E-state index in [1.807, 2.05) is 0 Å². The van der Waals surface area contributed by atoms with Crippen molar-refractivity contribution in [3.05, 3.63) is 0 Å². The van der Waals surface area contributed by atoms with Crippen LogP contribution in [-0.2, 0) is 0 Å². The van der Waals surface area contributed by atoms with Gasteiger partial charge in [-0.2, -0.15) is 0 Å². The Kier molecular flexibility index (Phi) is 77.4. The van der Waals surface area contributed by atoms with Gasteiger partial charge in [0.05, 0.1) is 0 Å². The van der Waals surface area contributed by atoms with Gasteiger partial charge in [0.2, 0.25) is 0 Å². The summed E-state index contributed by atoms with van der Waals surface area (Å²) >= 11 is 0. The summed E-state index contributed by atoms with van der Waals surface area (Å²) in [5.74, 6) is 0. The van der Waals surface area contributed by atoms with Crippen molar-refractivity contribution in [1.29, 1.82) is 0 Å². The molecule has 0 aliphatic carbocycles. The van der Waals surface area contributed by atoms with Crippen LogP contribution in [0.3, 0.4) is 0 Å². The molecule has 0 radical (unpaired) electrons. The molecule has 72 heavy (non-hydrogen) atoms. The standard InChI is InChI=1S/2C36H74/c2*1-3-5-7-9-11-13-15-17-19-21-23-25-27-29-31-33-35-36-34-32-30-28-26-24-22-20-18-16-14-12-10-8-6-4-2/h2*3-36H2,1-2H3. The molecule has 0 rings (SSSR count). The van der Waals surface area contributed by atoms with Crippen molar-refractivity contribution in [2.24, 2.45) is 0 Å². The SMILES string of the molecule is CCCCCCCCCCCCCCCCCCCCCCCCCCCCCCCCCCCC.CCCCCCCCCCCCCCCCCCCCCCCCCCCCCCCCCCCC. The van der Waals surface area contributed by atoms with E-state index in [9.17, 15) is 0 Å². The van der Waals surface area contributed by atoms with E-state index in [-0.39, 0.29) is 0 Å². The molecular weight excluding hydrogens is 865 g/mol. The van der Waals surface area contributed by atoms with Gasteiger partial charge in [0, 0.05) is 0 Å². The van der Waals surface area contributed by atoms with Crippen LogP contribution < -0.4 is 0 Å². The Balaban J connectivity index is 0. The van der Waals surface area contributed by atoms with Crippen molar-refractivity contribution in [3.63, 3.8) is 0 Å². The average Bonchev–Trinajstić information content (AvgIpc) is 3.39. The zero-order valence-electron chi connectivity index (χ0n) is 52.1. The van der Waals surface area contributed by atoms with Crippen LogP contribution in [0.15, 0.2) is 0 Å². The molecule has 0 unspecified atom stereocenters. The summed E-state index contributed by atoms with van der Waals surface area (Å²) in [5, 5.41) is 0. The Morgan fingerprint density at radius 2 is 0.111 bits per heavy atom. The molecule has 0 aliphatic rings. The first-order valence-corrected chi connectivity index (χ1v) is 35.8. The summed E-state index contributed by atoms with van der Waals surface area (Å²) < 4.78 is 0. The van der Waals surface area contributed by atoms with Gasteiger partial charge in [-0.1, -0.05) is 464 Å². The fourth-order valence-electron chi connectivity index (χ4n) is 11.6. The zero-order valence-corrected chi connectivity index (χ0v) is 52.1. The molecule has 0 heteroatoms. The summed E-state index contributed by atoms with van der Waals surface area (Å²) in [6.07, 6.45) is 101. The monoisotopic (exact) mass is 1010 g/mol. The predicted molar refractivity (Wildman–Crippen MR) is 337 cm³/mol. The van der Waals surface area contributed by atoms with Gasteiger partial charge in [0.25, 0.3) is 0 Å². The fraction of sp³-hybridized carbons (Fsp3) is 1.00. The lowest BCUT2D eigenvalue weighted by Gasteiger charge is -2.05. The third-order valence-corrected chi connectivity index (χ3v) is 16.9. The van der Waals surface area contributed by atoms with Gasteiger partial charge < -0.3 is 0 Å². The van der Waals surface area contributed by atoms with E-state index in [2.05, 4.69) is 27.7 Å². The molecule has 0 N–H and O–H groups in total. The molecule has 0 nitrogen and oxygen atoms in total. The van der Waals surface area contributed by atoms with Gasteiger partial charge >= 0.3 is 0 Å². The van der Waals surface area contributed by atoms with Crippen LogP contribution in [0.25, 0.3) is 0 Å². The van der Waals surface area contributed by atoms with Crippen molar-refractivity contribution in [3.8, 4) is 0 Å². The minimum absolute atomic E-state index is 1.37. The number of hydrogen-bond donors (Lipinski definition) is 0. The van der Waals surface area contributed by atoms with E-state index in [0.717, 1.165) is 0 Å². The molecule has 0 atom stereocenters. The lowest BCUT2D eigenvalue weighted by molar-refractivity contribution is 0.511. The molecule has 436 valence electrons. The summed E-state index contributed by atoms with van der Waals surface area (Å²) in [5.41, 5.74) is 0. The average molecular weight is 1010 g/mol. The topological polar surface area (TPSA) is 0 Å². The van der Waals surface area contributed by atoms with E-state index >= 15 is 0 Å². The molecule has 0 saturated carbocycles. The minimum atomic E-state index is 1.37. The number of hydrogen-bond acceptors (Lipinski definition) is 0. The first-order chi connectivity index (χ1) is 35.8. The molecule has 0 aliphatic heterocycles. The molecule has 0 spiro atoms. The fourth-order valence-corrected chi connectivity index (χ4v) is 11.6. The van der Waals surface area contributed by atoms with Gasteiger partial charge in [-0.3, -0.25) is 0 Å². The maximum atomic E-state index is 2.31. The molecule has 0 heterocycles. The first-order valence-electron chi connectivity index (χ1n) is 35.8. The van der Waals surface area contributed by atoms with Gasteiger partial charge in [-0.05, 0) is 0 Å². The van der Waals surface area contributed by atoms with Crippen molar-refractivity contribution in [2.75, 3.05) is 0 Å². The highest BCUT2D eigenvalue weighted by Gasteiger charge is 2.00. The lowest BCUT2D eigenvalue weighted by atomic mass is 10.0. The van der Waals surface area contributed by atoms with Crippen LogP contribution in [-0.4, -0.2) is 0 Å². The quantitative estimate of drug-likeness (QED) is 0.0533.